The Morgan fingerprint density at radius 3 is 2.85 bits per heavy atom. The Kier molecular flexibility index (Phi) is 7.28. The minimum Gasteiger partial charge on any atom is -0.376 e. The number of non-ortho nitro benzene ring substituents is 1. The molecule has 0 saturated carbocycles. The molecular formula is C24H26N4O5S. The topological polar surface area (TPSA) is 116 Å². The first-order valence-corrected chi connectivity index (χ1v) is 12.1. The minimum atomic E-state index is -0.431. The molecule has 34 heavy (non-hydrogen) atoms. The summed E-state index contributed by atoms with van der Waals surface area (Å²) in [6, 6.07) is 11.3. The van der Waals surface area contributed by atoms with E-state index in [4.69, 9.17) is 9.72 Å². The van der Waals surface area contributed by atoms with E-state index in [1.165, 1.54) is 23.9 Å². The predicted octanol–water partition coefficient (Wildman–Crippen LogP) is 3.91. The zero-order valence-corrected chi connectivity index (χ0v) is 19.8. The molecule has 1 amide bonds. The maximum Gasteiger partial charge on any atom is 0.269 e. The number of rotatable bonds is 8. The van der Waals surface area contributed by atoms with Crippen LogP contribution in [0, 0.1) is 10.1 Å². The largest absolute Gasteiger partial charge is 0.376 e. The zero-order valence-electron chi connectivity index (χ0n) is 19.0. The third kappa shape index (κ3) is 5.45. The number of nitro benzene ring substituents is 1. The SMILES string of the molecule is CC(C)NC(=O)c1ccc2c(=O)n(CC3CCCO3)c(SCc3cccc([N+](=O)[O-])c3)nc2c1. The second kappa shape index (κ2) is 10.4. The highest BCUT2D eigenvalue weighted by atomic mass is 32.2. The molecule has 0 aliphatic carbocycles. The van der Waals surface area contributed by atoms with E-state index in [0.717, 1.165) is 18.4 Å². The van der Waals surface area contributed by atoms with Crippen LogP contribution in [0.4, 0.5) is 5.69 Å². The summed E-state index contributed by atoms with van der Waals surface area (Å²) in [6.07, 6.45) is 1.75. The maximum absolute atomic E-state index is 13.4. The average Bonchev–Trinajstić information content (AvgIpc) is 3.32. The number of nitrogens with zero attached hydrogens (tertiary/aromatic N) is 3. The van der Waals surface area contributed by atoms with Gasteiger partial charge in [-0.15, -0.1) is 0 Å². The smallest absolute Gasteiger partial charge is 0.269 e. The summed E-state index contributed by atoms with van der Waals surface area (Å²) in [6.45, 7) is 4.81. The molecule has 0 spiro atoms. The fourth-order valence-electron chi connectivity index (χ4n) is 3.86. The van der Waals surface area contributed by atoms with Crippen molar-refractivity contribution in [1.82, 2.24) is 14.9 Å². The molecular weight excluding hydrogens is 456 g/mol. The van der Waals surface area contributed by atoms with Gasteiger partial charge in [-0.2, -0.15) is 0 Å². The molecule has 9 nitrogen and oxygen atoms in total. The van der Waals surface area contributed by atoms with Crippen LogP contribution in [0.3, 0.4) is 0 Å². The number of fused-ring (bicyclic) bond motifs is 1. The Balaban J connectivity index is 1.71. The molecule has 1 saturated heterocycles. The van der Waals surface area contributed by atoms with E-state index in [1.807, 2.05) is 13.8 Å². The van der Waals surface area contributed by atoms with Crippen molar-refractivity contribution in [2.24, 2.45) is 0 Å². The molecule has 1 aliphatic rings. The van der Waals surface area contributed by atoms with Gasteiger partial charge in [-0.25, -0.2) is 4.98 Å². The van der Waals surface area contributed by atoms with Crippen molar-refractivity contribution in [3.05, 3.63) is 74.1 Å². The normalized spacial score (nSPS) is 15.7. The number of amides is 1. The van der Waals surface area contributed by atoms with Gasteiger partial charge in [-0.05, 0) is 50.5 Å². The van der Waals surface area contributed by atoms with E-state index in [2.05, 4.69) is 5.32 Å². The fourth-order valence-corrected chi connectivity index (χ4v) is 4.81. The average molecular weight is 483 g/mol. The molecule has 1 atom stereocenters. The molecule has 2 aromatic carbocycles. The van der Waals surface area contributed by atoms with E-state index >= 15 is 0 Å². The monoisotopic (exact) mass is 482 g/mol. The van der Waals surface area contributed by atoms with Crippen molar-refractivity contribution in [3.63, 3.8) is 0 Å². The fraction of sp³-hybridized carbons (Fsp3) is 0.375. The number of nitrogens with one attached hydrogen (secondary N) is 1. The van der Waals surface area contributed by atoms with Gasteiger partial charge in [0.25, 0.3) is 17.2 Å². The lowest BCUT2D eigenvalue weighted by atomic mass is 10.1. The Bertz CT molecular complexity index is 1280. The van der Waals surface area contributed by atoms with Crippen LogP contribution in [-0.4, -0.2) is 39.1 Å². The number of nitro groups is 1. The summed E-state index contributed by atoms with van der Waals surface area (Å²) in [5, 5.41) is 14.9. The van der Waals surface area contributed by atoms with Crippen LogP contribution in [-0.2, 0) is 17.0 Å². The third-order valence-corrected chi connectivity index (χ3v) is 6.55. The van der Waals surface area contributed by atoms with Crippen molar-refractivity contribution >= 4 is 34.3 Å². The van der Waals surface area contributed by atoms with Crippen LogP contribution in [0.25, 0.3) is 10.9 Å². The summed E-state index contributed by atoms with van der Waals surface area (Å²) in [5.41, 5.74) is 1.44. The molecule has 1 N–H and O–H groups in total. The molecule has 1 aliphatic heterocycles. The van der Waals surface area contributed by atoms with Crippen LogP contribution < -0.4 is 10.9 Å². The standard InChI is InChI=1S/C24H26N4O5S/c1-15(2)25-22(29)17-8-9-20-21(12-17)26-24(27(23(20)30)13-19-7-4-10-33-19)34-14-16-5-3-6-18(11-16)28(31)32/h3,5-6,8-9,11-12,15,19H,4,7,10,13-14H2,1-2H3,(H,25,29). The lowest BCUT2D eigenvalue weighted by molar-refractivity contribution is -0.384. The zero-order chi connectivity index (χ0) is 24.2. The second-order valence-corrected chi connectivity index (χ2v) is 9.46. The van der Waals surface area contributed by atoms with Crippen molar-refractivity contribution < 1.29 is 14.5 Å². The summed E-state index contributed by atoms with van der Waals surface area (Å²) < 4.78 is 7.37. The van der Waals surface area contributed by atoms with E-state index in [0.29, 0.717) is 40.5 Å². The molecule has 1 fully saturated rings. The van der Waals surface area contributed by atoms with Gasteiger partial charge in [-0.1, -0.05) is 23.9 Å². The maximum atomic E-state index is 13.4. The molecule has 178 valence electrons. The number of aromatic nitrogens is 2. The summed E-state index contributed by atoms with van der Waals surface area (Å²) >= 11 is 1.33. The number of benzene rings is 2. The van der Waals surface area contributed by atoms with E-state index in [1.54, 1.807) is 34.9 Å². The Labute approximate surface area is 200 Å². The number of hydrogen-bond donors (Lipinski definition) is 1. The number of ether oxygens (including phenoxy) is 1. The van der Waals surface area contributed by atoms with E-state index in [-0.39, 0.29) is 29.3 Å². The highest BCUT2D eigenvalue weighted by Crippen LogP contribution is 2.26. The molecule has 0 bridgehead atoms. The molecule has 1 unspecified atom stereocenters. The molecule has 4 rings (SSSR count). The molecule has 3 aromatic rings. The van der Waals surface area contributed by atoms with Gasteiger partial charge >= 0.3 is 0 Å². The van der Waals surface area contributed by atoms with Crippen molar-refractivity contribution in [2.45, 2.75) is 56.3 Å². The van der Waals surface area contributed by atoms with E-state index in [9.17, 15) is 19.7 Å². The van der Waals surface area contributed by atoms with Crippen LogP contribution in [0.2, 0.25) is 0 Å². The van der Waals surface area contributed by atoms with E-state index < -0.39 is 4.92 Å². The summed E-state index contributed by atoms with van der Waals surface area (Å²) in [4.78, 5) is 41.3. The molecule has 2 heterocycles. The lowest BCUT2D eigenvalue weighted by Crippen LogP contribution is -2.31. The van der Waals surface area contributed by atoms with Gasteiger partial charge in [0.2, 0.25) is 0 Å². The lowest BCUT2D eigenvalue weighted by Gasteiger charge is -2.17. The summed E-state index contributed by atoms with van der Waals surface area (Å²) in [5.74, 6) is 0.173. The number of hydrogen-bond acceptors (Lipinski definition) is 7. The Morgan fingerprint density at radius 2 is 2.15 bits per heavy atom. The summed E-state index contributed by atoms with van der Waals surface area (Å²) in [7, 11) is 0. The van der Waals surface area contributed by atoms with Gasteiger partial charge in [0.05, 0.1) is 28.5 Å². The van der Waals surface area contributed by atoms with Crippen LogP contribution in [0.15, 0.2) is 52.4 Å². The number of carbonyl (C=O) groups excluding carboxylic acids is 1. The van der Waals surface area contributed by atoms with Crippen LogP contribution in [0.5, 0.6) is 0 Å². The first kappa shape index (κ1) is 23.9. The first-order chi connectivity index (χ1) is 16.3. The van der Waals surface area contributed by atoms with Crippen LogP contribution in [0.1, 0.15) is 42.6 Å². The van der Waals surface area contributed by atoms with Gasteiger partial charge in [-0.3, -0.25) is 24.3 Å². The van der Waals surface area contributed by atoms with Crippen molar-refractivity contribution in [3.8, 4) is 0 Å². The van der Waals surface area contributed by atoms with Crippen LogP contribution >= 0.6 is 11.8 Å². The molecule has 1 aromatic heterocycles. The van der Waals surface area contributed by atoms with Gasteiger partial charge < -0.3 is 10.1 Å². The predicted molar refractivity (Wildman–Crippen MR) is 130 cm³/mol. The number of carbonyl (C=O) groups is 1. The van der Waals surface area contributed by atoms with Crippen molar-refractivity contribution in [2.75, 3.05) is 6.61 Å². The second-order valence-electron chi connectivity index (χ2n) is 8.52. The highest BCUT2D eigenvalue weighted by molar-refractivity contribution is 7.98. The quantitative estimate of drug-likeness (QED) is 0.224. The Hall–Kier alpha value is -3.24. The Morgan fingerprint density at radius 1 is 1.32 bits per heavy atom. The number of thioether (sulfide) groups is 1. The van der Waals surface area contributed by atoms with Gasteiger partial charge in [0.15, 0.2) is 5.16 Å². The minimum absolute atomic E-state index is 0.0159. The van der Waals surface area contributed by atoms with Gasteiger partial charge in [0, 0.05) is 36.1 Å². The van der Waals surface area contributed by atoms with Crippen molar-refractivity contribution in [1.29, 1.82) is 0 Å². The van der Waals surface area contributed by atoms with Gasteiger partial charge in [0.1, 0.15) is 0 Å². The highest BCUT2D eigenvalue weighted by Gasteiger charge is 2.21. The first-order valence-electron chi connectivity index (χ1n) is 11.1. The third-order valence-electron chi connectivity index (χ3n) is 5.50. The molecule has 0 radical (unpaired) electrons. The molecule has 10 heteroatoms.